The van der Waals surface area contributed by atoms with Crippen LogP contribution >= 0.6 is 23.2 Å². The number of hydrazine groups is 1. The molecule has 6 N–H and O–H groups in total. The molecule has 0 unspecified atom stereocenters. The third-order valence-corrected chi connectivity index (χ3v) is 4.93. The molecule has 170 valence electrons. The number of halogens is 2. The lowest BCUT2D eigenvalue weighted by Crippen LogP contribution is -2.36. The van der Waals surface area contributed by atoms with Crippen LogP contribution in [0.25, 0.3) is 0 Å². The van der Waals surface area contributed by atoms with Crippen molar-refractivity contribution in [1.29, 1.82) is 0 Å². The van der Waals surface area contributed by atoms with Gasteiger partial charge in [-0.3, -0.25) is 9.59 Å². The summed E-state index contributed by atoms with van der Waals surface area (Å²) in [5, 5.41) is 19.0. The molecule has 0 bridgehead atoms. The van der Waals surface area contributed by atoms with Crippen LogP contribution in [0, 0.1) is 10.1 Å². The number of anilines is 1. The van der Waals surface area contributed by atoms with Gasteiger partial charge in [-0.1, -0.05) is 35.0 Å². The summed E-state index contributed by atoms with van der Waals surface area (Å²) in [5.41, 5.74) is 7.58. The Labute approximate surface area is 189 Å². The van der Waals surface area contributed by atoms with Gasteiger partial charge in [0.05, 0.1) is 6.04 Å². The van der Waals surface area contributed by atoms with Gasteiger partial charge < -0.3 is 21.7 Å². The molecule has 1 fully saturated rings. The summed E-state index contributed by atoms with van der Waals surface area (Å²) < 4.78 is 0. The van der Waals surface area contributed by atoms with E-state index in [9.17, 15) is 19.7 Å². The van der Waals surface area contributed by atoms with Crippen molar-refractivity contribution in [2.75, 3.05) is 18.4 Å². The SMILES string of the molecule is NC(=NCCCCCC(=O)N[C@@H]1CN[C@H](C(=O)Nc2cc(Cl)cc(Cl)c2)C1)N[N+](=O)[O-]. The number of amides is 2. The standard InChI is InChI=1S/C18H25Cl2N7O4/c19-11-6-12(20)8-13(7-11)25-17(29)15-9-14(10-23-15)24-16(28)4-2-1-3-5-22-18(21)26-27(30)31/h6-8,14-15,23H,1-5,9-10H2,(H,24,28)(H,25,29)(H3,21,22,26)/t14-,15-/m0/s1. The minimum absolute atomic E-state index is 0.0903. The van der Waals surface area contributed by atoms with Gasteiger partial charge in [0.25, 0.3) is 5.96 Å². The van der Waals surface area contributed by atoms with Gasteiger partial charge in [0.1, 0.15) is 0 Å². The Kier molecular flexibility index (Phi) is 9.76. The van der Waals surface area contributed by atoms with Crippen LogP contribution in [0.2, 0.25) is 10.0 Å². The summed E-state index contributed by atoms with van der Waals surface area (Å²) in [4.78, 5) is 38.5. The molecule has 2 amide bonds. The molecular weight excluding hydrogens is 449 g/mol. The van der Waals surface area contributed by atoms with Gasteiger partial charge in [-0.25, -0.2) is 15.1 Å². The molecule has 11 nitrogen and oxygen atoms in total. The van der Waals surface area contributed by atoms with Gasteiger partial charge in [0, 0.05) is 41.3 Å². The van der Waals surface area contributed by atoms with Crippen molar-refractivity contribution in [2.45, 2.75) is 44.2 Å². The highest BCUT2D eigenvalue weighted by Crippen LogP contribution is 2.23. The number of nitro groups is 1. The topological polar surface area (TPSA) is 164 Å². The second-order valence-electron chi connectivity index (χ2n) is 7.05. The molecule has 31 heavy (non-hydrogen) atoms. The molecule has 1 aromatic carbocycles. The van der Waals surface area contributed by atoms with E-state index < -0.39 is 11.1 Å². The first kappa shape index (κ1) is 24.6. The maximum Gasteiger partial charge on any atom is 0.251 e. The lowest BCUT2D eigenvalue weighted by atomic mass is 10.1. The van der Waals surface area contributed by atoms with E-state index in [0.29, 0.717) is 54.5 Å². The van der Waals surface area contributed by atoms with Crippen LogP contribution < -0.4 is 27.1 Å². The van der Waals surface area contributed by atoms with Crippen molar-refractivity contribution in [3.05, 3.63) is 38.4 Å². The second kappa shape index (κ2) is 12.3. The molecule has 1 aromatic rings. The van der Waals surface area contributed by atoms with E-state index in [0.717, 1.165) is 6.42 Å². The number of hydrogen-bond acceptors (Lipinski definition) is 6. The Hall–Kier alpha value is -2.63. The van der Waals surface area contributed by atoms with E-state index in [1.165, 1.54) is 0 Å². The molecular formula is C18H25Cl2N7O4. The van der Waals surface area contributed by atoms with Gasteiger partial charge in [0.2, 0.25) is 11.8 Å². The van der Waals surface area contributed by atoms with Gasteiger partial charge in [-0.05, 0) is 37.5 Å². The van der Waals surface area contributed by atoms with Gasteiger partial charge in [-0.2, -0.15) is 0 Å². The number of carbonyl (C=O) groups excluding carboxylic acids is 2. The van der Waals surface area contributed by atoms with Gasteiger partial charge in [0.15, 0.2) is 5.03 Å². The molecule has 0 spiro atoms. The zero-order chi connectivity index (χ0) is 22.8. The molecule has 0 aromatic heterocycles. The Morgan fingerprint density at radius 3 is 2.61 bits per heavy atom. The summed E-state index contributed by atoms with van der Waals surface area (Å²) in [6, 6.07) is 4.23. The van der Waals surface area contributed by atoms with Crippen molar-refractivity contribution < 1.29 is 14.6 Å². The summed E-state index contributed by atoms with van der Waals surface area (Å²) in [6.07, 6.45) is 2.88. The Morgan fingerprint density at radius 1 is 1.23 bits per heavy atom. The highest BCUT2D eigenvalue weighted by molar-refractivity contribution is 6.35. The summed E-state index contributed by atoms with van der Waals surface area (Å²) in [6.45, 7) is 0.840. The average molecular weight is 474 g/mol. The molecule has 0 aliphatic carbocycles. The third kappa shape index (κ3) is 9.37. The third-order valence-electron chi connectivity index (χ3n) is 4.49. The zero-order valence-electron chi connectivity index (χ0n) is 16.7. The Morgan fingerprint density at radius 2 is 1.94 bits per heavy atom. The first-order valence-electron chi connectivity index (χ1n) is 9.73. The van der Waals surface area contributed by atoms with Crippen LogP contribution in [-0.2, 0) is 9.59 Å². The molecule has 1 saturated heterocycles. The summed E-state index contributed by atoms with van der Waals surface area (Å²) in [5.74, 6) is -0.553. The molecule has 2 atom stereocenters. The van der Waals surface area contributed by atoms with Crippen molar-refractivity contribution in [1.82, 2.24) is 16.1 Å². The number of nitrogens with zero attached hydrogens (tertiary/aromatic N) is 2. The van der Waals surface area contributed by atoms with E-state index in [1.807, 2.05) is 0 Å². The number of rotatable bonds is 10. The number of hydrogen-bond donors (Lipinski definition) is 5. The van der Waals surface area contributed by atoms with Crippen molar-refractivity contribution in [3.63, 3.8) is 0 Å². The smallest absolute Gasteiger partial charge is 0.251 e. The highest BCUT2D eigenvalue weighted by Gasteiger charge is 2.30. The van der Waals surface area contributed by atoms with E-state index in [-0.39, 0.29) is 23.8 Å². The molecule has 1 heterocycles. The number of carbonyl (C=O) groups is 2. The van der Waals surface area contributed by atoms with E-state index in [2.05, 4.69) is 20.9 Å². The predicted molar refractivity (Wildman–Crippen MR) is 119 cm³/mol. The molecule has 1 aliphatic rings. The van der Waals surface area contributed by atoms with Crippen LogP contribution in [0.1, 0.15) is 32.1 Å². The fourth-order valence-corrected chi connectivity index (χ4v) is 3.63. The highest BCUT2D eigenvalue weighted by atomic mass is 35.5. The van der Waals surface area contributed by atoms with Crippen LogP contribution in [0.15, 0.2) is 23.2 Å². The van der Waals surface area contributed by atoms with Gasteiger partial charge >= 0.3 is 0 Å². The number of guanidine groups is 1. The minimum atomic E-state index is -0.776. The van der Waals surface area contributed by atoms with E-state index in [4.69, 9.17) is 28.9 Å². The van der Waals surface area contributed by atoms with Crippen LogP contribution in [0.4, 0.5) is 5.69 Å². The summed E-state index contributed by atoms with van der Waals surface area (Å²) >= 11 is 11.9. The fraction of sp³-hybridized carbons (Fsp3) is 0.500. The fourth-order valence-electron chi connectivity index (χ4n) is 3.10. The molecule has 1 aliphatic heterocycles. The lowest BCUT2D eigenvalue weighted by Gasteiger charge is -2.13. The van der Waals surface area contributed by atoms with E-state index in [1.54, 1.807) is 23.6 Å². The number of unbranched alkanes of at least 4 members (excludes halogenated alkanes) is 2. The maximum absolute atomic E-state index is 12.4. The van der Waals surface area contributed by atoms with Crippen LogP contribution in [0.5, 0.6) is 0 Å². The largest absolute Gasteiger partial charge is 0.365 e. The quantitative estimate of drug-likeness (QED) is 0.113. The predicted octanol–water partition coefficient (Wildman–Crippen LogP) is 1.44. The summed E-state index contributed by atoms with van der Waals surface area (Å²) in [7, 11) is 0. The maximum atomic E-state index is 12.4. The lowest BCUT2D eigenvalue weighted by molar-refractivity contribution is -0.525. The molecule has 2 rings (SSSR count). The number of nitrogens with two attached hydrogens (primary N) is 1. The molecule has 0 radical (unpaired) electrons. The second-order valence-corrected chi connectivity index (χ2v) is 7.93. The first-order valence-corrected chi connectivity index (χ1v) is 10.5. The number of nitrogens with one attached hydrogen (secondary N) is 4. The van der Waals surface area contributed by atoms with E-state index >= 15 is 0 Å². The monoisotopic (exact) mass is 473 g/mol. The number of benzene rings is 1. The average Bonchev–Trinajstić information content (AvgIpc) is 3.11. The Balaban J connectivity index is 1.63. The Bertz CT molecular complexity index is 817. The van der Waals surface area contributed by atoms with Crippen molar-refractivity contribution in [2.24, 2.45) is 10.7 Å². The van der Waals surface area contributed by atoms with Crippen molar-refractivity contribution >= 4 is 46.7 Å². The number of aliphatic imine (C=N–C) groups is 1. The van der Waals surface area contributed by atoms with Gasteiger partial charge in [-0.15, -0.1) is 0 Å². The van der Waals surface area contributed by atoms with Crippen LogP contribution in [0.3, 0.4) is 0 Å². The molecule has 0 saturated carbocycles. The minimum Gasteiger partial charge on any atom is -0.365 e. The normalized spacial score (nSPS) is 18.5. The van der Waals surface area contributed by atoms with Crippen LogP contribution in [-0.4, -0.2) is 48.0 Å². The zero-order valence-corrected chi connectivity index (χ0v) is 18.2. The first-order chi connectivity index (χ1) is 14.7. The van der Waals surface area contributed by atoms with Crippen molar-refractivity contribution in [3.8, 4) is 0 Å². The molecule has 13 heteroatoms.